The first kappa shape index (κ1) is 14.5. The molecule has 0 aliphatic carbocycles. The number of aryl methyl sites for hydroxylation is 2. The second kappa shape index (κ2) is 5.63. The molecule has 1 aromatic carbocycles. The summed E-state index contributed by atoms with van der Waals surface area (Å²) in [6, 6.07) is 11.6. The van der Waals surface area contributed by atoms with Gasteiger partial charge in [-0.25, -0.2) is 0 Å². The summed E-state index contributed by atoms with van der Waals surface area (Å²) >= 11 is 0. The van der Waals surface area contributed by atoms with E-state index in [4.69, 9.17) is 5.73 Å². The molecular formula is C17H22N2O. The molecule has 0 aliphatic heterocycles. The molecular weight excluding hydrogens is 248 g/mol. The van der Waals surface area contributed by atoms with Gasteiger partial charge in [-0.2, -0.15) is 0 Å². The first-order valence-electron chi connectivity index (χ1n) is 6.96. The van der Waals surface area contributed by atoms with Crippen molar-refractivity contribution in [2.24, 2.45) is 5.73 Å². The minimum absolute atomic E-state index is 0.00748. The third-order valence-corrected chi connectivity index (χ3v) is 3.64. The van der Waals surface area contributed by atoms with Crippen molar-refractivity contribution in [3.05, 3.63) is 69.1 Å². The van der Waals surface area contributed by atoms with Crippen molar-refractivity contribution in [3.63, 3.8) is 0 Å². The van der Waals surface area contributed by atoms with Crippen LogP contribution in [0.4, 0.5) is 0 Å². The zero-order valence-corrected chi connectivity index (χ0v) is 12.6. The van der Waals surface area contributed by atoms with Gasteiger partial charge in [-0.1, -0.05) is 29.8 Å². The normalized spacial score (nSPS) is 12.7. The maximum absolute atomic E-state index is 12.6. The largest absolute Gasteiger partial charge is 0.320 e. The van der Waals surface area contributed by atoms with Crippen molar-refractivity contribution in [1.82, 2.24) is 4.57 Å². The summed E-state index contributed by atoms with van der Waals surface area (Å²) in [7, 11) is 0. The van der Waals surface area contributed by atoms with Crippen molar-refractivity contribution >= 4 is 0 Å². The molecule has 0 spiro atoms. The highest BCUT2D eigenvalue weighted by molar-refractivity contribution is 5.32. The van der Waals surface area contributed by atoms with E-state index in [1.165, 1.54) is 5.56 Å². The van der Waals surface area contributed by atoms with Crippen LogP contribution >= 0.6 is 0 Å². The lowest BCUT2D eigenvalue weighted by molar-refractivity contribution is 0.555. The molecule has 0 radical (unpaired) electrons. The second-order valence-electron chi connectivity index (χ2n) is 5.59. The molecule has 3 heteroatoms. The first-order chi connectivity index (χ1) is 9.41. The van der Waals surface area contributed by atoms with Crippen LogP contribution in [0.3, 0.4) is 0 Å². The Morgan fingerprint density at radius 2 is 1.60 bits per heavy atom. The standard InChI is InChI=1S/C17H22N2O/c1-11(2)19-13(4)7-10-15(17(19)20)16(18)14-8-5-12(3)6-9-14/h5-11,16H,18H2,1-4H3. The summed E-state index contributed by atoms with van der Waals surface area (Å²) in [5.74, 6) is 0. The Morgan fingerprint density at radius 1 is 1.00 bits per heavy atom. The number of hydrogen-bond donors (Lipinski definition) is 1. The van der Waals surface area contributed by atoms with Crippen LogP contribution in [0.15, 0.2) is 41.2 Å². The van der Waals surface area contributed by atoms with Gasteiger partial charge >= 0.3 is 0 Å². The van der Waals surface area contributed by atoms with Gasteiger partial charge in [0.1, 0.15) is 0 Å². The van der Waals surface area contributed by atoms with Crippen LogP contribution in [0.1, 0.15) is 48.3 Å². The van der Waals surface area contributed by atoms with E-state index in [1.54, 1.807) is 4.57 Å². The maximum Gasteiger partial charge on any atom is 0.256 e. The molecule has 2 N–H and O–H groups in total. The van der Waals surface area contributed by atoms with Gasteiger partial charge in [0.2, 0.25) is 0 Å². The Labute approximate surface area is 120 Å². The molecule has 0 saturated heterocycles. The molecule has 1 aromatic heterocycles. The fourth-order valence-electron chi connectivity index (χ4n) is 2.49. The quantitative estimate of drug-likeness (QED) is 0.931. The van der Waals surface area contributed by atoms with Gasteiger partial charge in [0.25, 0.3) is 5.56 Å². The molecule has 3 nitrogen and oxygen atoms in total. The lowest BCUT2D eigenvalue weighted by Crippen LogP contribution is -2.31. The smallest absolute Gasteiger partial charge is 0.256 e. The number of nitrogens with zero attached hydrogens (tertiary/aromatic N) is 1. The van der Waals surface area contributed by atoms with Gasteiger partial charge in [-0.05, 0) is 45.4 Å². The van der Waals surface area contributed by atoms with Crippen LogP contribution in [0.5, 0.6) is 0 Å². The number of pyridine rings is 1. The predicted molar refractivity (Wildman–Crippen MR) is 83.0 cm³/mol. The topological polar surface area (TPSA) is 48.0 Å². The lowest BCUT2D eigenvalue weighted by atomic mass is 9.99. The predicted octanol–water partition coefficient (Wildman–Crippen LogP) is 3.09. The third kappa shape index (κ3) is 2.68. The van der Waals surface area contributed by atoms with Crippen molar-refractivity contribution in [2.45, 2.75) is 39.8 Å². The summed E-state index contributed by atoms with van der Waals surface area (Å²) in [4.78, 5) is 12.6. The lowest BCUT2D eigenvalue weighted by Gasteiger charge is -2.18. The van der Waals surface area contributed by atoms with Gasteiger partial charge in [-0.3, -0.25) is 4.79 Å². The van der Waals surface area contributed by atoms with Gasteiger partial charge in [0, 0.05) is 17.3 Å². The highest BCUT2D eigenvalue weighted by Crippen LogP contribution is 2.18. The van der Waals surface area contributed by atoms with Crippen LogP contribution < -0.4 is 11.3 Å². The fourth-order valence-corrected chi connectivity index (χ4v) is 2.49. The van der Waals surface area contributed by atoms with Crippen molar-refractivity contribution in [2.75, 3.05) is 0 Å². The summed E-state index contributed by atoms with van der Waals surface area (Å²) in [5, 5.41) is 0. The fraction of sp³-hybridized carbons (Fsp3) is 0.353. The summed E-state index contributed by atoms with van der Waals surface area (Å²) in [6.07, 6.45) is 0. The van der Waals surface area contributed by atoms with Crippen molar-refractivity contribution in [3.8, 4) is 0 Å². The average Bonchev–Trinajstić information content (AvgIpc) is 2.38. The van der Waals surface area contributed by atoms with E-state index in [9.17, 15) is 4.79 Å². The monoisotopic (exact) mass is 270 g/mol. The molecule has 0 fully saturated rings. The van der Waals surface area contributed by atoms with Gasteiger partial charge in [0.15, 0.2) is 0 Å². The molecule has 1 heterocycles. The Kier molecular flexibility index (Phi) is 4.09. The third-order valence-electron chi connectivity index (χ3n) is 3.64. The summed E-state index contributed by atoms with van der Waals surface area (Å²) in [6.45, 7) is 8.00. The van der Waals surface area contributed by atoms with E-state index in [-0.39, 0.29) is 17.6 Å². The van der Waals surface area contributed by atoms with E-state index in [0.29, 0.717) is 5.56 Å². The molecule has 0 amide bonds. The Balaban J connectivity index is 2.50. The molecule has 0 saturated carbocycles. The highest BCUT2D eigenvalue weighted by atomic mass is 16.1. The summed E-state index contributed by atoms with van der Waals surface area (Å²) < 4.78 is 1.80. The Hall–Kier alpha value is -1.87. The van der Waals surface area contributed by atoms with Crippen LogP contribution in [0.2, 0.25) is 0 Å². The van der Waals surface area contributed by atoms with E-state index < -0.39 is 0 Å². The number of aromatic nitrogens is 1. The minimum Gasteiger partial charge on any atom is -0.320 e. The summed E-state index contributed by atoms with van der Waals surface area (Å²) in [5.41, 5.74) is 10.0. The van der Waals surface area contributed by atoms with Crippen molar-refractivity contribution < 1.29 is 0 Å². The molecule has 1 unspecified atom stereocenters. The Morgan fingerprint density at radius 3 is 2.15 bits per heavy atom. The van der Waals surface area contributed by atoms with E-state index in [1.807, 2.05) is 64.1 Å². The SMILES string of the molecule is Cc1ccc(C(N)c2ccc(C)n(C(C)C)c2=O)cc1. The number of rotatable bonds is 3. The molecule has 2 rings (SSSR count). The number of nitrogens with two attached hydrogens (primary N) is 1. The zero-order chi connectivity index (χ0) is 14.9. The first-order valence-corrected chi connectivity index (χ1v) is 6.96. The van der Waals surface area contributed by atoms with Crippen LogP contribution in [0.25, 0.3) is 0 Å². The van der Waals surface area contributed by atoms with E-state index in [2.05, 4.69) is 0 Å². The number of hydrogen-bond acceptors (Lipinski definition) is 2. The van der Waals surface area contributed by atoms with Gasteiger partial charge in [0.05, 0.1) is 6.04 Å². The number of benzene rings is 1. The zero-order valence-electron chi connectivity index (χ0n) is 12.6. The minimum atomic E-state index is -0.381. The Bertz CT molecular complexity index is 654. The maximum atomic E-state index is 12.6. The molecule has 106 valence electrons. The van der Waals surface area contributed by atoms with Crippen LogP contribution in [-0.4, -0.2) is 4.57 Å². The van der Waals surface area contributed by atoms with Crippen LogP contribution in [-0.2, 0) is 0 Å². The van der Waals surface area contributed by atoms with E-state index in [0.717, 1.165) is 11.3 Å². The van der Waals surface area contributed by atoms with Crippen LogP contribution in [0, 0.1) is 13.8 Å². The molecule has 2 aromatic rings. The van der Waals surface area contributed by atoms with E-state index >= 15 is 0 Å². The second-order valence-corrected chi connectivity index (χ2v) is 5.59. The average molecular weight is 270 g/mol. The van der Waals surface area contributed by atoms with Gasteiger partial charge in [-0.15, -0.1) is 0 Å². The molecule has 1 atom stereocenters. The van der Waals surface area contributed by atoms with Gasteiger partial charge < -0.3 is 10.3 Å². The molecule has 20 heavy (non-hydrogen) atoms. The molecule has 0 aliphatic rings. The van der Waals surface area contributed by atoms with Crippen molar-refractivity contribution in [1.29, 1.82) is 0 Å². The molecule has 0 bridgehead atoms. The highest BCUT2D eigenvalue weighted by Gasteiger charge is 2.16.